The number of rotatable bonds is 4. The number of nitro benzene ring substituents is 1. The number of halogens is 3. The van der Waals surface area contributed by atoms with Crippen molar-refractivity contribution in [2.24, 2.45) is 0 Å². The van der Waals surface area contributed by atoms with Crippen molar-refractivity contribution in [3.05, 3.63) is 63.7 Å². The minimum Gasteiger partial charge on any atom is -0.465 e. The van der Waals surface area contributed by atoms with Gasteiger partial charge in [-0.15, -0.1) is 0 Å². The third kappa shape index (κ3) is 3.62. The highest BCUT2D eigenvalue weighted by Crippen LogP contribution is 2.36. The summed E-state index contributed by atoms with van der Waals surface area (Å²) in [7, 11) is 0.997. The quantitative estimate of drug-likeness (QED) is 0.473. The topological polar surface area (TPSA) is 78.7 Å². The first-order valence-electron chi connectivity index (χ1n) is 6.45. The van der Waals surface area contributed by atoms with E-state index in [9.17, 15) is 28.1 Å². The van der Waals surface area contributed by atoms with Crippen LogP contribution in [0.4, 0.5) is 18.9 Å². The molecule has 0 aliphatic carbocycles. The van der Waals surface area contributed by atoms with Crippen LogP contribution < -0.4 is 4.74 Å². The molecule has 0 saturated carbocycles. The van der Waals surface area contributed by atoms with Crippen LogP contribution in [0, 0.1) is 10.1 Å². The van der Waals surface area contributed by atoms with E-state index in [2.05, 4.69) is 4.74 Å². The van der Waals surface area contributed by atoms with E-state index in [0.29, 0.717) is 12.1 Å². The molecule has 2 rings (SSSR count). The average Bonchev–Trinajstić information content (AvgIpc) is 2.53. The fraction of sp³-hybridized carbons (Fsp3) is 0.133. The number of nitrogens with zero attached hydrogens (tertiary/aromatic N) is 1. The molecule has 6 nitrogen and oxygen atoms in total. The average molecular weight is 341 g/mol. The second kappa shape index (κ2) is 6.57. The fourth-order valence-electron chi connectivity index (χ4n) is 1.88. The van der Waals surface area contributed by atoms with Gasteiger partial charge >= 0.3 is 17.8 Å². The Morgan fingerprint density at radius 1 is 1.12 bits per heavy atom. The predicted molar refractivity (Wildman–Crippen MR) is 76.0 cm³/mol. The molecule has 0 fully saturated rings. The summed E-state index contributed by atoms with van der Waals surface area (Å²) in [5.74, 6) is -1.56. The largest absolute Gasteiger partial charge is 0.465 e. The van der Waals surface area contributed by atoms with Crippen LogP contribution in [-0.4, -0.2) is 18.0 Å². The molecule has 0 aliphatic rings. The number of hydrogen-bond acceptors (Lipinski definition) is 5. The van der Waals surface area contributed by atoms with Crippen molar-refractivity contribution in [3.8, 4) is 11.5 Å². The number of benzene rings is 2. The Balaban J connectivity index is 2.51. The summed E-state index contributed by atoms with van der Waals surface area (Å²) < 4.78 is 48.1. The van der Waals surface area contributed by atoms with Crippen molar-refractivity contribution in [1.29, 1.82) is 0 Å². The predicted octanol–water partition coefficient (Wildman–Crippen LogP) is 4.19. The van der Waals surface area contributed by atoms with E-state index in [1.54, 1.807) is 0 Å². The molecule has 9 heteroatoms. The molecular weight excluding hydrogens is 331 g/mol. The van der Waals surface area contributed by atoms with Gasteiger partial charge in [0, 0.05) is 6.07 Å². The first-order chi connectivity index (χ1) is 11.2. The van der Waals surface area contributed by atoms with E-state index in [-0.39, 0.29) is 11.5 Å². The lowest BCUT2D eigenvalue weighted by Crippen LogP contribution is -2.10. The highest BCUT2D eigenvalue weighted by molar-refractivity contribution is 5.92. The Morgan fingerprint density at radius 3 is 2.38 bits per heavy atom. The maximum Gasteiger partial charge on any atom is 0.416 e. The van der Waals surface area contributed by atoms with Crippen LogP contribution in [0.1, 0.15) is 15.9 Å². The molecule has 126 valence electrons. The molecule has 0 aromatic heterocycles. The molecule has 0 heterocycles. The second-order valence-corrected chi connectivity index (χ2v) is 4.53. The summed E-state index contributed by atoms with van der Waals surface area (Å²) in [5, 5.41) is 11.0. The standard InChI is InChI=1S/C15H10F3NO5/c1-23-14(20)10-8-9(15(16,17)18)6-7-12(10)24-13-5-3-2-4-11(13)19(21)22/h2-8H,1H3. The number of ether oxygens (including phenoxy) is 2. The van der Waals surface area contributed by atoms with Gasteiger partial charge in [-0.05, 0) is 24.3 Å². The number of esters is 1. The van der Waals surface area contributed by atoms with Crippen molar-refractivity contribution >= 4 is 11.7 Å². The van der Waals surface area contributed by atoms with E-state index >= 15 is 0 Å². The molecule has 0 unspecified atom stereocenters. The molecule has 2 aromatic carbocycles. The van der Waals surface area contributed by atoms with Gasteiger partial charge in [0.2, 0.25) is 5.75 Å². The van der Waals surface area contributed by atoms with E-state index in [0.717, 1.165) is 19.2 Å². The zero-order valence-corrected chi connectivity index (χ0v) is 12.2. The number of carbonyl (C=O) groups excluding carboxylic acids is 1. The summed E-state index contributed by atoms with van der Waals surface area (Å²) in [5.41, 5.74) is -1.96. The third-order valence-corrected chi connectivity index (χ3v) is 2.99. The van der Waals surface area contributed by atoms with Crippen molar-refractivity contribution in [2.75, 3.05) is 7.11 Å². The Bertz CT molecular complexity index is 789. The number of carbonyl (C=O) groups is 1. The summed E-state index contributed by atoms with van der Waals surface area (Å²) in [6.45, 7) is 0. The Kier molecular flexibility index (Phi) is 4.72. The van der Waals surface area contributed by atoms with Crippen LogP contribution >= 0.6 is 0 Å². The SMILES string of the molecule is COC(=O)c1cc(C(F)(F)F)ccc1Oc1ccccc1[N+](=O)[O-]. The van der Waals surface area contributed by atoms with Crippen molar-refractivity contribution in [3.63, 3.8) is 0 Å². The molecule has 0 aliphatic heterocycles. The summed E-state index contributed by atoms with van der Waals surface area (Å²) in [6, 6.07) is 7.45. The van der Waals surface area contributed by atoms with E-state index in [4.69, 9.17) is 4.74 Å². The molecule has 0 spiro atoms. The van der Waals surface area contributed by atoms with Crippen molar-refractivity contribution in [1.82, 2.24) is 0 Å². The van der Waals surface area contributed by atoms with Crippen molar-refractivity contribution < 1.29 is 32.4 Å². The van der Waals surface area contributed by atoms with Crippen LogP contribution in [-0.2, 0) is 10.9 Å². The molecule has 24 heavy (non-hydrogen) atoms. The molecule has 0 atom stereocenters. The van der Waals surface area contributed by atoms with Crippen LogP contribution in [0.3, 0.4) is 0 Å². The lowest BCUT2D eigenvalue weighted by molar-refractivity contribution is -0.385. The molecular formula is C15H10F3NO5. The normalized spacial score (nSPS) is 11.0. The van der Waals surface area contributed by atoms with Gasteiger partial charge in [0.25, 0.3) is 0 Å². The van der Waals surface area contributed by atoms with Gasteiger partial charge in [-0.3, -0.25) is 10.1 Å². The summed E-state index contributed by atoms with van der Waals surface area (Å²) in [4.78, 5) is 22.0. The first-order valence-corrected chi connectivity index (χ1v) is 6.45. The molecule has 2 aromatic rings. The monoisotopic (exact) mass is 341 g/mol. The molecule has 0 bridgehead atoms. The Hall–Kier alpha value is -3.10. The molecule has 0 saturated heterocycles. The third-order valence-electron chi connectivity index (χ3n) is 2.99. The smallest absolute Gasteiger partial charge is 0.416 e. The van der Waals surface area contributed by atoms with Crippen LogP contribution in [0.15, 0.2) is 42.5 Å². The zero-order chi connectivity index (χ0) is 17.9. The number of alkyl halides is 3. The second-order valence-electron chi connectivity index (χ2n) is 4.53. The molecule has 0 N–H and O–H groups in total. The minimum absolute atomic E-state index is 0.215. The number of hydrogen-bond donors (Lipinski definition) is 0. The molecule has 0 radical (unpaired) electrons. The Morgan fingerprint density at radius 2 is 1.79 bits per heavy atom. The maximum absolute atomic E-state index is 12.8. The lowest BCUT2D eigenvalue weighted by atomic mass is 10.1. The van der Waals surface area contributed by atoms with Crippen LogP contribution in [0.25, 0.3) is 0 Å². The van der Waals surface area contributed by atoms with Gasteiger partial charge < -0.3 is 9.47 Å². The van der Waals surface area contributed by atoms with Gasteiger partial charge in [0.1, 0.15) is 11.3 Å². The van der Waals surface area contributed by atoms with E-state index in [1.807, 2.05) is 0 Å². The van der Waals surface area contributed by atoms with E-state index < -0.39 is 33.9 Å². The van der Waals surface area contributed by atoms with Gasteiger partial charge in [-0.2, -0.15) is 13.2 Å². The minimum atomic E-state index is -4.67. The van der Waals surface area contributed by atoms with Gasteiger partial charge in [0.05, 0.1) is 17.6 Å². The number of nitro groups is 1. The molecule has 0 amide bonds. The maximum atomic E-state index is 12.8. The van der Waals surface area contributed by atoms with E-state index in [1.165, 1.54) is 18.2 Å². The lowest BCUT2D eigenvalue weighted by Gasteiger charge is -2.13. The first kappa shape index (κ1) is 17.3. The van der Waals surface area contributed by atoms with Crippen molar-refractivity contribution in [2.45, 2.75) is 6.18 Å². The summed E-state index contributed by atoms with van der Waals surface area (Å²) in [6.07, 6.45) is -4.67. The van der Waals surface area contributed by atoms with Gasteiger partial charge in [-0.25, -0.2) is 4.79 Å². The Labute approximate surface area is 133 Å². The van der Waals surface area contributed by atoms with Gasteiger partial charge in [-0.1, -0.05) is 12.1 Å². The summed E-state index contributed by atoms with van der Waals surface area (Å²) >= 11 is 0. The number of para-hydroxylation sites is 2. The zero-order valence-electron chi connectivity index (χ0n) is 12.2. The fourth-order valence-corrected chi connectivity index (χ4v) is 1.88. The van der Waals surface area contributed by atoms with Crippen LogP contribution in [0.2, 0.25) is 0 Å². The van der Waals surface area contributed by atoms with Gasteiger partial charge in [0.15, 0.2) is 0 Å². The number of methoxy groups -OCH3 is 1. The highest BCUT2D eigenvalue weighted by atomic mass is 19.4. The highest BCUT2D eigenvalue weighted by Gasteiger charge is 2.32. The van der Waals surface area contributed by atoms with Crippen LogP contribution in [0.5, 0.6) is 11.5 Å².